The highest BCUT2D eigenvalue weighted by Gasteiger charge is 2.51. The van der Waals surface area contributed by atoms with Crippen molar-refractivity contribution >= 4 is 11.8 Å². The molecule has 7 nitrogen and oxygen atoms in total. The predicted molar refractivity (Wildman–Crippen MR) is 73.1 cm³/mol. The molecule has 0 N–H and O–H groups in total. The van der Waals surface area contributed by atoms with Gasteiger partial charge in [-0.2, -0.15) is 0 Å². The Morgan fingerprint density at radius 3 is 2.36 bits per heavy atom. The largest absolute Gasteiger partial charge is 0.574 e. The van der Waals surface area contributed by atoms with Crippen molar-refractivity contribution < 1.29 is 46.1 Å². The first kappa shape index (κ1) is 20.8. The number of ether oxygens (including phenoxy) is 4. The second-order valence-corrected chi connectivity index (χ2v) is 4.51. The van der Waals surface area contributed by atoms with E-state index in [2.05, 4.69) is 14.5 Å². The monoisotopic (exact) mass is 369 g/mol. The molecular weight excluding hydrogens is 354 g/mol. The van der Waals surface area contributed by atoms with E-state index in [4.69, 9.17) is 9.47 Å². The van der Waals surface area contributed by atoms with E-state index < -0.39 is 47.6 Å². The van der Waals surface area contributed by atoms with Crippen molar-refractivity contribution in [2.45, 2.75) is 18.9 Å². The number of halogens is 4. The topological polar surface area (TPSA) is 84.0 Å². The van der Waals surface area contributed by atoms with Crippen LogP contribution in [0.4, 0.5) is 17.6 Å². The van der Waals surface area contributed by atoms with E-state index in [1.165, 1.54) is 6.92 Å². The molecule has 0 aliphatic rings. The zero-order valence-electron chi connectivity index (χ0n) is 13.5. The lowest BCUT2D eigenvalue weighted by atomic mass is 9.89. The fourth-order valence-electron chi connectivity index (χ4n) is 2.01. The lowest BCUT2D eigenvalue weighted by molar-refractivity contribution is -0.276. The molecule has 0 amide bonds. The molecule has 0 aromatic carbocycles. The van der Waals surface area contributed by atoms with Crippen LogP contribution in [-0.2, 0) is 29.4 Å². The van der Waals surface area contributed by atoms with Crippen molar-refractivity contribution in [3.8, 4) is 5.88 Å². The molecule has 0 aliphatic carbocycles. The molecule has 0 saturated heterocycles. The SMILES string of the molecule is CCOC(=O)C(OC)(C(=O)COC)c1cc(OC(F)(F)F)ncc1F. The van der Waals surface area contributed by atoms with Crippen LogP contribution in [0.1, 0.15) is 12.5 Å². The number of carbonyl (C=O) groups is 2. The van der Waals surface area contributed by atoms with Gasteiger partial charge in [-0.25, -0.2) is 14.2 Å². The summed E-state index contributed by atoms with van der Waals surface area (Å²) < 4.78 is 69.1. The molecule has 0 bridgehead atoms. The lowest BCUT2D eigenvalue weighted by Crippen LogP contribution is -2.49. The predicted octanol–water partition coefficient (Wildman–Crippen LogP) is 1.74. The number of nitrogens with zero attached hydrogens (tertiary/aromatic N) is 1. The minimum Gasteiger partial charge on any atom is -0.463 e. The number of aromatic nitrogens is 1. The lowest BCUT2D eigenvalue weighted by Gasteiger charge is -2.29. The molecular formula is C14H15F4NO6. The van der Waals surface area contributed by atoms with Crippen LogP contribution in [0, 0.1) is 5.82 Å². The first-order valence-electron chi connectivity index (χ1n) is 6.78. The van der Waals surface area contributed by atoms with Crippen molar-refractivity contribution in [3.05, 3.63) is 23.6 Å². The number of esters is 1. The van der Waals surface area contributed by atoms with Gasteiger partial charge in [-0.15, -0.1) is 13.2 Å². The van der Waals surface area contributed by atoms with Crippen LogP contribution in [0.15, 0.2) is 12.3 Å². The van der Waals surface area contributed by atoms with Crippen LogP contribution in [-0.4, -0.2) is 50.5 Å². The second-order valence-electron chi connectivity index (χ2n) is 4.51. The molecule has 1 heterocycles. The molecule has 1 aromatic heterocycles. The molecule has 1 unspecified atom stereocenters. The molecule has 1 atom stereocenters. The zero-order valence-corrected chi connectivity index (χ0v) is 13.5. The van der Waals surface area contributed by atoms with Crippen molar-refractivity contribution in [1.29, 1.82) is 0 Å². The van der Waals surface area contributed by atoms with Crippen LogP contribution in [0.5, 0.6) is 5.88 Å². The number of methoxy groups -OCH3 is 2. The van der Waals surface area contributed by atoms with Gasteiger partial charge in [-0.05, 0) is 6.92 Å². The Morgan fingerprint density at radius 1 is 1.24 bits per heavy atom. The van der Waals surface area contributed by atoms with Crippen molar-refractivity contribution in [2.24, 2.45) is 0 Å². The summed E-state index contributed by atoms with van der Waals surface area (Å²) in [5, 5.41) is 0. The highest BCUT2D eigenvalue weighted by Crippen LogP contribution is 2.33. The van der Waals surface area contributed by atoms with Gasteiger partial charge in [0, 0.05) is 25.8 Å². The molecule has 140 valence electrons. The van der Waals surface area contributed by atoms with E-state index in [0.29, 0.717) is 12.3 Å². The number of pyridine rings is 1. The van der Waals surface area contributed by atoms with E-state index in [0.717, 1.165) is 14.2 Å². The molecule has 0 saturated carbocycles. The van der Waals surface area contributed by atoms with Crippen LogP contribution in [0.3, 0.4) is 0 Å². The summed E-state index contributed by atoms with van der Waals surface area (Å²) in [5.74, 6) is -4.75. The van der Waals surface area contributed by atoms with E-state index >= 15 is 0 Å². The number of carbonyl (C=O) groups excluding carboxylic acids is 2. The summed E-state index contributed by atoms with van der Waals surface area (Å²) in [6.07, 6.45) is -4.75. The molecule has 1 aromatic rings. The van der Waals surface area contributed by atoms with Gasteiger partial charge in [-0.1, -0.05) is 0 Å². The van der Waals surface area contributed by atoms with Crippen LogP contribution in [0.25, 0.3) is 0 Å². The van der Waals surface area contributed by atoms with Crippen LogP contribution in [0.2, 0.25) is 0 Å². The fraction of sp³-hybridized carbons (Fsp3) is 0.500. The minimum absolute atomic E-state index is 0.192. The highest BCUT2D eigenvalue weighted by molar-refractivity contribution is 6.08. The summed E-state index contributed by atoms with van der Waals surface area (Å²) in [4.78, 5) is 27.8. The van der Waals surface area contributed by atoms with Gasteiger partial charge >= 0.3 is 12.3 Å². The average Bonchev–Trinajstić information content (AvgIpc) is 2.50. The molecule has 0 aliphatic heterocycles. The first-order valence-corrected chi connectivity index (χ1v) is 6.78. The fourth-order valence-corrected chi connectivity index (χ4v) is 2.01. The Bertz CT molecular complexity index is 616. The van der Waals surface area contributed by atoms with Gasteiger partial charge < -0.3 is 18.9 Å². The Labute approximate surface area is 139 Å². The van der Waals surface area contributed by atoms with Gasteiger partial charge in [0.1, 0.15) is 12.4 Å². The Kier molecular flexibility index (Phi) is 6.82. The normalized spacial score (nSPS) is 13.9. The summed E-state index contributed by atoms with van der Waals surface area (Å²) in [5.41, 5.74) is -3.52. The van der Waals surface area contributed by atoms with Crippen molar-refractivity contribution in [1.82, 2.24) is 4.98 Å². The van der Waals surface area contributed by atoms with E-state index in [9.17, 15) is 27.2 Å². The Morgan fingerprint density at radius 2 is 1.88 bits per heavy atom. The maximum absolute atomic E-state index is 14.2. The smallest absolute Gasteiger partial charge is 0.463 e. The number of Topliss-reactive ketones (excluding diaryl/α,β-unsaturated/α-hetero) is 1. The Hall–Kier alpha value is -2.27. The van der Waals surface area contributed by atoms with Gasteiger partial charge in [-0.3, -0.25) is 4.79 Å². The van der Waals surface area contributed by atoms with Gasteiger partial charge in [0.15, 0.2) is 0 Å². The maximum Gasteiger partial charge on any atom is 0.574 e. The minimum atomic E-state index is -5.11. The van der Waals surface area contributed by atoms with Gasteiger partial charge in [0.25, 0.3) is 5.60 Å². The van der Waals surface area contributed by atoms with Crippen LogP contribution >= 0.6 is 0 Å². The average molecular weight is 369 g/mol. The zero-order chi connectivity index (χ0) is 19.3. The van der Waals surface area contributed by atoms with E-state index in [1.807, 2.05) is 0 Å². The molecule has 0 fully saturated rings. The van der Waals surface area contributed by atoms with Gasteiger partial charge in [0.2, 0.25) is 11.7 Å². The number of rotatable bonds is 8. The maximum atomic E-state index is 14.2. The third kappa shape index (κ3) is 4.63. The molecule has 25 heavy (non-hydrogen) atoms. The number of hydrogen-bond acceptors (Lipinski definition) is 7. The quantitative estimate of drug-likeness (QED) is 0.392. The summed E-state index contributed by atoms with van der Waals surface area (Å²) in [6.45, 7) is 0.535. The highest BCUT2D eigenvalue weighted by atomic mass is 19.4. The van der Waals surface area contributed by atoms with Crippen molar-refractivity contribution in [2.75, 3.05) is 27.4 Å². The number of ketones is 1. The molecule has 1 rings (SSSR count). The first-order chi connectivity index (χ1) is 11.6. The molecule has 0 spiro atoms. The number of alkyl halides is 3. The van der Waals surface area contributed by atoms with E-state index in [-0.39, 0.29) is 6.61 Å². The summed E-state index contributed by atoms with van der Waals surface area (Å²) in [6, 6.07) is 0.441. The van der Waals surface area contributed by atoms with Gasteiger partial charge in [0.05, 0.1) is 12.8 Å². The third-order valence-electron chi connectivity index (χ3n) is 2.97. The third-order valence-corrected chi connectivity index (χ3v) is 2.97. The standard InChI is InChI=1S/C14H15F4NO6/c1-4-24-12(21)13(23-3,10(20)7-22-2)8-5-11(19-6-9(8)15)25-14(16,17)18/h5-6H,4,7H2,1-3H3. The Balaban J connectivity index is 3.55. The molecule has 0 radical (unpaired) electrons. The molecule has 11 heteroatoms. The second kappa shape index (κ2) is 8.21. The van der Waals surface area contributed by atoms with Crippen LogP contribution < -0.4 is 4.74 Å². The summed E-state index contributed by atoms with van der Waals surface area (Å²) in [7, 11) is 2.03. The van der Waals surface area contributed by atoms with E-state index in [1.54, 1.807) is 0 Å². The summed E-state index contributed by atoms with van der Waals surface area (Å²) >= 11 is 0. The van der Waals surface area contributed by atoms with Crippen molar-refractivity contribution in [3.63, 3.8) is 0 Å². The number of hydrogen-bond donors (Lipinski definition) is 0.